The number of carbonyl (C=O) groups excluding carboxylic acids is 2. The Balaban J connectivity index is 1.70. The Morgan fingerprint density at radius 2 is 2.04 bits per heavy atom. The van der Waals surface area contributed by atoms with E-state index in [0.29, 0.717) is 6.54 Å². The fourth-order valence-electron chi connectivity index (χ4n) is 2.59. The number of thioether (sulfide) groups is 1. The van der Waals surface area contributed by atoms with Crippen LogP contribution < -0.4 is 10.2 Å². The monoisotopic (exact) mass is 341 g/mol. The summed E-state index contributed by atoms with van der Waals surface area (Å²) in [7, 11) is 0. The number of benzene rings is 1. The smallest absolute Gasteiger partial charge is 0.240 e. The van der Waals surface area contributed by atoms with Crippen LogP contribution in [-0.2, 0) is 16.1 Å². The Bertz CT molecular complexity index is 736. The van der Waals surface area contributed by atoms with Crippen LogP contribution in [0.2, 0.25) is 0 Å². The van der Waals surface area contributed by atoms with Gasteiger partial charge in [0.2, 0.25) is 11.8 Å². The van der Waals surface area contributed by atoms with Crippen LogP contribution in [0.25, 0.3) is 0 Å². The fourth-order valence-corrected chi connectivity index (χ4v) is 3.75. The molecule has 1 aromatic heterocycles. The minimum Gasteiger partial charge on any atom is -0.349 e. The first-order chi connectivity index (χ1) is 11.7. The second-order valence-corrected chi connectivity index (χ2v) is 6.75. The van der Waals surface area contributed by atoms with Gasteiger partial charge in [0.1, 0.15) is 6.54 Å². The predicted molar refractivity (Wildman–Crippen MR) is 94.8 cm³/mol. The van der Waals surface area contributed by atoms with E-state index in [4.69, 9.17) is 0 Å². The first-order valence-corrected chi connectivity index (χ1v) is 8.80. The quantitative estimate of drug-likeness (QED) is 0.908. The van der Waals surface area contributed by atoms with Gasteiger partial charge >= 0.3 is 0 Å². The lowest BCUT2D eigenvalue weighted by Crippen LogP contribution is -2.46. The summed E-state index contributed by atoms with van der Waals surface area (Å²) in [6, 6.07) is 13.3. The molecule has 2 heterocycles. The van der Waals surface area contributed by atoms with E-state index in [1.54, 1.807) is 22.9 Å². The molecule has 0 aliphatic carbocycles. The van der Waals surface area contributed by atoms with E-state index in [0.717, 1.165) is 22.7 Å². The van der Waals surface area contributed by atoms with Gasteiger partial charge < -0.3 is 10.2 Å². The summed E-state index contributed by atoms with van der Waals surface area (Å²) in [5.74, 6) is -0.195. The standard InChI is InChI=1S/C18H19N3O2S/c1-2-15-18(23)21(14-8-3-4-9-16(14)24-15)12-17(22)20-11-13-7-5-6-10-19-13/h3-10,15H,2,11-12H2,1H3,(H,20,22)/t15-/m1/s1. The maximum absolute atomic E-state index is 12.6. The van der Waals surface area contributed by atoms with Crippen molar-refractivity contribution in [3.63, 3.8) is 0 Å². The Morgan fingerprint density at radius 3 is 2.79 bits per heavy atom. The average molecular weight is 341 g/mol. The third-order valence-electron chi connectivity index (χ3n) is 3.83. The van der Waals surface area contributed by atoms with E-state index in [1.807, 2.05) is 49.4 Å². The molecule has 1 aromatic carbocycles. The Hall–Kier alpha value is -2.34. The molecule has 0 bridgehead atoms. The third kappa shape index (κ3) is 3.59. The van der Waals surface area contributed by atoms with Crippen molar-refractivity contribution >= 4 is 29.3 Å². The molecule has 0 unspecified atom stereocenters. The van der Waals surface area contributed by atoms with E-state index < -0.39 is 0 Å². The second kappa shape index (κ2) is 7.49. The van der Waals surface area contributed by atoms with Crippen LogP contribution in [0.3, 0.4) is 0 Å². The van der Waals surface area contributed by atoms with Crippen LogP contribution in [0.15, 0.2) is 53.6 Å². The molecule has 0 saturated heterocycles. The zero-order valence-electron chi connectivity index (χ0n) is 13.4. The number of hydrogen-bond acceptors (Lipinski definition) is 4. The molecule has 1 atom stereocenters. The number of nitrogens with zero attached hydrogens (tertiary/aromatic N) is 2. The van der Waals surface area contributed by atoms with Crippen LogP contribution in [0.5, 0.6) is 0 Å². The van der Waals surface area contributed by atoms with Crippen molar-refractivity contribution in [1.29, 1.82) is 0 Å². The average Bonchev–Trinajstić information content (AvgIpc) is 2.63. The lowest BCUT2D eigenvalue weighted by atomic mass is 10.2. The van der Waals surface area contributed by atoms with E-state index in [1.165, 1.54) is 0 Å². The van der Waals surface area contributed by atoms with Gasteiger partial charge in [-0.05, 0) is 30.7 Å². The molecule has 1 aliphatic heterocycles. The van der Waals surface area contributed by atoms with E-state index in [9.17, 15) is 9.59 Å². The molecular weight excluding hydrogens is 322 g/mol. The number of amides is 2. The molecule has 5 nitrogen and oxygen atoms in total. The van der Waals surface area contributed by atoms with Crippen molar-refractivity contribution in [2.75, 3.05) is 11.4 Å². The molecule has 0 fully saturated rings. The van der Waals surface area contributed by atoms with Crippen molar-refractivity contribution in [2.24, 2.45) is 0 Å². The van der Waals surface area contributed by atoms with Gasteiger partial charge in [-0.1, -0.05) is 25.1 Å². The fraction of sp³-hybridized carbons (Fsp3) is 0.278. The highest BCUT2D eigenvalue weighted by atomic mass is 32.2. The highest BCUT2D eigenvalue weighted by molar-refractivity contribution is 8.01. The topological polar surface area (TPSA) is 62.3 Å². The second-order valence-electron chi connectivity index (χ2n) is 5.50. The van der Waals surface area contributed by atoms with Crippen molar-refractivity contribution in [2.45, 2.75) is 30.0 Å². The highest BCUT2D eigenvalue weighted by Crippen LogP contribution is 2.39. The van der Waals surface area contributed by atoms with Crippen molar-refractivity contribution < 1.29 is 9.59 Å². The van der Waals surface area contributed by atoms with E-state index in [-0.39, 0.29) is 23.6 Å². The van der Waals surface area contributed by atoms with Gasteiger partial charge in [-0.2, -0.15) is 0 Å². The first kappa shape index (κ1) is 16.5. The normalized spacial score (nSPS) is 16.6. The van der Waals surface area contributed by atoms with Crippen LogP contribution in [0, 0.1) is 0 Å². The van der Waals surface area contributed by atoms with Gasteiger partial charge in [-0.3, -0.25) is 14.6 Å². The van der Waals surface area contributed by atoms with Gasteiger partial charge in [-0.25, -0.2) is 0 Å². The number of rotatable bonds is 5. The first-order valence-electron chi connectivity index (χ1n) is 7.92. The number of aromatic nitrogens is 1. The Labute approximate surface area is 145 Å². The van der Waals surface area contributed by atoms with Crippen LogP contribution in [0.4, 0.5) is 5.69 Å². The third-order valence-corrected chi connectivity index (χ3v) is 5.25. The largest absolute Gasteiger partial charge is 0.349 e. The summed E-state index contributed by atoms with van der Waals surface area (Å²) < 4.78 is 0. The Kier molecular flexibility index (Phi) is 5.15. The zero-order chi connectivity index (χ0) is 16.9. The van der Waals surface area contributed by atoms with Gasteiger partial charge in [0, 0.05) is 11.1 Å². The number of carbonyl (C=O) groups is 2. The number of fused-ring (bicyclic) bond motifs is 1. The summed E-state index contributed by atoms with van der Waals surface area (Å²) in [4.78, 5) is 31.7. The van der Waals surface area contributed by atoms with Crippen molar-refractivity contribution in [3.05, 3.63) is 54.4 Å². The maximum Gasteiger partial charge on any atom is 0.240 e. The molecule has 1 aliphatic rings. The number of anilines is 1. The van der Waals surface area contributed by atoms with Gasteiger partial charge in [-0.15, -0.1) is 11.8 Å². The van der Waals surface area contributed by atoms with Gasteiger partial charge in [0.25, 0.3) is 0 Å². The van der Waals surface area contributed by atoms with E-state index in [2.05, 4.69) is 10.3 Å². The molecule has 1 N–H and O–H groups in total. The molecule has 6 heteroatoms. The summed E-state index contributed by atoms with van der Waals surface area (Å²) in [5, 5.41) is 2.69. The highest BCUT2D eigenvalue weighted by Gasteiger charge is 2.33. The summed E-state index contributed by atoms with van der Waals surface area (Å²) in [5.41, 5.74) is 1.60. The molecular formula is C18H19N3O2S. The van der Waals surface area contributed by atoms with Crippen LogP contribution in [0.1, 0.15) is 19.0 Å². The van der Waals surface area contributed by atoms with E-state index >= 15 is 0 Å². The maximum atomic E-state index is 12.6. The van der Waals surface area contributed by atoms with Crippen LogP contribution >= 0.6 is 11.8 Å². The number of pyridine rings is 1. The lowest BCUT2D eigenvalue weighted by Gasteiger charge is -2.32. The van der Waals surface area contributed by atoms with Gasteiger partial charge in [0.05, 0.1) is 23.2 Å². The summed E-state index contributed by atoms with van der Waals surface area (Å²) >= 11 is 1.57. The lowest BCUT2D eigenvalue weighted by molar-refractivity contribution is -0.123. The Morgan fingerprint density at radius 1 is 1.25 bits per heavy atom. The minimum absolute atomic E-state index is 0.00538. The number of nitrogens with one attached hydrogen (secondary N) is 1. The minimum atomic E-state index is -0.189. The molecule has 2 aromatic rings. The van der Waals surface area contributed by atoms with Crippen molar-refractivity contribution in [3.8, 4) is 0 Å². The number of para-hydroxylation sites is 1. The molecule has 0 spiro atoms. The van der Waals surface area contributed by atoms with Crippen molar-refractivity contribution in [1.82, 2.24) is 10.3 Å². The molecule has 124 valence electrons. The predicted octanol–water partition coefficient (Wildman–Crippen LogP) is 2.62. The zero-order valence-corrected chi connectivity index (χ0v) is 14.3. The molecule has 24 heavy (non-hydrogen) atoms. The summed E-state index contributed by atoms with van der Waals surface area (Å²) in [6.07, 6.45) is 2.43. The van der Waals surface area contributed by atoms with Gasteiger partial charge in [0.15, 0.2) is 0 Å². The SMILES string of the molecule is CC[C@H]1Sc2ccccc2N(CC(=O)NCc2ccccn2)C1=O. The summed E-state index contributed by atoms with van der Waals surface area (Å²) in [6.45, 7) is 2.37. The van der Waals surface area contributed by atoms with Crippen LogP contribution in [-0.4, -0.2) is 28.6 Å². The molecule has 2 amide bonds. The molecule has 0 saturated carbocycles. The number of hydrogen-bond donors (Lipinski definition) is 1. The molecule has 3 rings (SSSR count). The molecule has 0 radical (unpaired) electrons.